The maximum atomic E-state index is 15.4. The average Bonchev–Trinajstić information content (AvgIpc) is 3.73. The summed E-state index contributed by atoms with van der Waals surface area (Å²) in [6, 6.07) is 12.8. The summed E-state index contributed by atoms with van der Waals surface area (Å²) in [4.78, 5) is 53.2. The number of aromatic nitrogens is 4. The van der Waals surface area contributed by atoms with Crippen molar-refractivity contribution >= 4 is 81.4 Å². The molecular formula is C47H56BrFN11O4P. The second kappa shape index (κ2) is 19.8. The highest BCUT2D eigenvalue weighted by Crippen LogP contribution is 2.41. The number of rotatable bonds is 13. The van der Waals surface area contributed by atoms with Gasteiger partial charge in [-0.05, 0) is 122 Å². The van der Waals surface area contributed by atoms with Crippen LogP contribution in [0.3, 0.4) is 0 Å². The fourth-order valence-electron chi connectivity index (χ4n) is 9.00. The highest BCUT2D eigenvalue weighted by Gasteiger charge is 2.30. The summed E-state index contributed by atoms with van der Waals surface area (Å²) in [6.07, 6.45) is 7.66. The molecule has 342 valence electrons. The van der Waals surface area contributed by atoms with E-state index in [2.05, 4.69) is 96.4 Å². The number of aryl methyl sites for hydroxylation is 2. The first-order valence-electron chi connectivity index (χ1n) is 21.9. The number of piperidine rings is 2. The van der Waals surface area contributed by atoms with E-state index in [4.69, 9.17) is 9.72 Å². The van der Waals surface area contributed by atoms with Gasteiger partial charge in [0.15, 0.2) is 0 Å². The number of carbonyl (C=O) groups is 3. The summed E-state index contributed by atoms with van der Waals surface area (Å²) in [5.74, 6) is 0.781. The number of methoxy groups -OCH3 is 1. The smallest absolute Gasteiger partial charge is 0.249 e. The SMILES string of the molecule is COc1cc(N2CCN(C(=O)CN3CCC(c4ccc(NC5CCC(=O)NC5=O)cc4F)CC3)CC2)c(-c2cnn(C)c2)cc1Nc1ncc(Br)c(Nc2ccc(C)c(C)c2P(C)C)n1. The third-order valence-corrected chi connectivity index (χ3v) is 14.7. The van der Waals surface area contributed by atoms with Gasteiger partial charge in [0.2, 0.25) is 23.7 Å². The van der Waals surface area contributed by atoms with E-state index >= 15 is 4.39 Å². The van der Waals surface area contributed by atoms with Crippen LogP contribution in [0.5, 0.6) is 5.75 Å². The third-order valence-electron chi connectivity index (χ3n) is 12.7. The summed E-state index contributed by atoms with van der Waals surface area (Å²) >= 11 is 3.66. The van der Waals surface area contributed by atoms with Crippen LogP contribution < -0.4 is 36.2 Å². The molecule has 1 atom stereocenters. The normalized spacial score (nSPS) is 17.3. The number of hydrogen-bond donors (Lipinski definition) is 4. The quantitative estimate of drug-likeness (QED) is 0.0708. The topological polar surface area (TPSA) is 162 Å². The minimum atomic E-state index is -0.574. The highest BCUT2D eigenvalue weighted by molar-refractivity contribution is 9.10. The lowest BCUT2D eigenvalue weighted by Crippen LogP contribution is -2.52. The molecule has 65 heavy (non-hydrogen) atoms. The monoisotopic (exact) mass is 967 g/mol. The van der Waals surface area contributed by atoms with Crippen LogP contribution >= 0.6 is 23.9 Å². The van der Waals surface area contributed by atoms with Crippen LogP contribution in [-0.4, -0.2) is 120 Å². The maximum absolute atomic E-state index is 15.4. The molecule has 5 heterocycles. The van der Waals surface area contributed by atoms with Gasteiger partial charge in [0.25, 0.3) is 0 Å². The molecule has 3 saturated heterocycles. The lowest BCUT2D eigenvalue weighted by molar-refractivity contribution is -0.134. The summed E-state index contributed by atoms with van der Waals surface area (Å²) in [6.45, 7) is 12.9. The van der Waals surface area contributed by atoms with Crippen molar-refractivity contribution in [3.63, 3.8) is 0 Å². The van der Waals surface area contributed by atoms with Gasteiger partial charge >= 0.3 is 0 Å². The molecule has 18 heteroatoms. The number of carbonyl (C=O) groups excluding carboxylic acids is 3. The van der Waals surface area contributed by atoms with Crippen LogP contribution in [0.2, 0.25) is 0 Å². The summed E-state index contributed by atoms with van der Waals surface area (Å²) in [5, 5.41) is 18.2. The fourth-order valence-corrected chi connectivity index (χ4v) is 10.8. The standard InChI is InChI=1S/C47H56BrFN11O4P/c1-28-7-10-37(44(29(28)2)65(5)6)53-45-35(48)25-50-47(56-45)54-39-22-34(31-24-51-57(3)26-31)40(23-41(39)64-4)59-17-19-60(20-18-59)43(62)27-58-15-13-30(14-16-58)33-9-8-32(21-36(33)49)52-38-11-12-42(61)55-46(38)63/h7-10,21-26,30,38,52H,11-20,27H2,1-6H3,(H,55,61,63)(H2,50,53,54,56). The van der Waals surface area contributed by atoms with Crippen molar-refractivity contribution in [2.45, 2.75) is 51.5 Å². The molecule has 0 bridgehead atoms. The number of imide groups is 1. The van der Waals surface area contributed by atoms with E-state index in [0.29, 0.717) is 86.7 Å². The number of piperazine rings is 1. The molecule has 3 fully saturated rings. The number of benzene rings is 3. The fraction of sp³-hybridized carbons (Fsp3) is 0.404. The minimum absolute atomic E-state index is 0.0335. The van der Waals surface area contributed by atoms with Crippen molar-refractivity contribution in [1.82, 2.24) is 34.9 Å². The molecule has 3 amide bonds. The number of hydrogen-bond acceptors (Lipinski definition) is 12. The molecule has 0 spiro atoms. The van der Waals surface area contributed by atoms with Crippen molar-refractivity contribution < 1.29 is 23.5 Å². The van der Waals surface area contributed by atoms with Gasteiger partial charge in [-0.3, -0.25) is 29.3 Å². The lowest BCUT2D eigenvalue weighted by atomic mass is 9.89. The Kier molecular flexibility index (Phi) is 14.0. The second-order valence-corrected chi connectivity index (χ2v) is 20.3. The van der Waals surface area contributed by atoms with E-state index in [1.165, 1.54) is 22.5 Å². The van der Waals surface area contributed by atoms with Gasteiger partial charge in [-0.25, -0.2) is 9.37 Å². The molecule has 8 rings (SSSR count). The van der Waals surface area contributed by atoms with Crippen LogP contribution in [-0.2, 0) is 21.4 Å². The molecule has 0 saturated carbocycles. The number of halogens is 2. The molecule has 5 aromatic rings. The third kappa shape index (κ3) is 10.4. The number of ether oxygens (including phenoxy) is 1. The number of likely N-dealkylation sites (tertiary alicyclic amines) is 1. The largest absolute Gasteiger partial charge is 0.494 e. The van der Waals surface area contributed by atoms with Crippen LogP contribution in [0.1, 0.15) is 48.3 Å². The lowest BCUT2D eigenvalue weighted by Gasteiger charge is -2.39. The van der Waals surface area contributed by atoms with Crippen molar-refractivity contribution in [2.24, 2.45) is 7.05 Å². The van der Waals surface area contributed by atoms with Gasteiger partial charge in [0.1, 0.15) is 23.4 Å². The molecule has 3 aromatic carbocycles. The first-order chi connectivity index (χ1) is 31.2. The Labute approximate surface area is 388 Å². The predicted octanol–water partition coefficient (Wildman–Crippen LogP) is 7.00. The van der Waals surface area contributed by atoms with E-state index in [1.54, 1.807) is 30.1 Å². The van der Waals surface area contributed by atoms with Crippen molar-refractivity contribution in [3.8, 4) is 16.9 Å². The summed E-state index contributed by atoms with van der Waals surface area (Å²) in [5.41, 5.74) is 8.28. The zero-order valence-electron chi connectivity index (χ0n) is 37.7. The van der Waals surface area contributed by atoms with Gasteiger partial charge in [0.05, 0.1) is 30.0 Å². The molecule has 3 aliphatic rings. The van der Waals surface area contributed by atoms with Gasteiger partial charge in [-0.2, -0.15) is 10.1 Å². The first-order valence-corrected chi connectivity index (χ1v) is 25.0. The molecule has 0 radical (unpaired) electrons. The first kappa shape index (κ1) is 45.9. The molecule has 1 unspecified atom stereocenters. The van der Waals surface area contributed by atoms with E-state index in [-0.39, 0.29) is 37.9 Å². The molecular weight excluding hydrogens is 912 g/mol. The van der Waals surface area contributed by atoms with Crippen LogP contribution in [0.4, 0.5) is 38.9 Å². The number of nitrogens with zero attached hydrogens (tertiary/aromatic N) is 7. The van der Waals surface area contributed by atoms with Gasteiger partial charge in [-0.1, -0.05) is 20.1 Å². The summed E-state index contributed by atoms with van der Waals surface area (Å²) < 4.78 is 23.9. The van der Waals surface area contributed by atoms with Gasteiger partial charge < -0.3 is 30.5 Å². The Hall–Kier alpha value is -5.64. The zero-order chi connectivity index (χ0) is 45.9. The molecule has 3 aliphatic heterocycles. The van der Waals surface area contributed by atoms with E-state index in [1.807, 2.05) is 36.5 Å². The maximum Gasteiger partial charge on any atom is 0.249 e. The highest BCUT2D eigenvalue weighted by atomic mass is 79.9. The Morgan fingerprint density at radius 1 is 0.969 bits per heavy atom. The second-order valence-electron chi connectivity index (χ2n) is 17.2. The Morgan fingerprint density at radius 2 is 1.74 bits per heavy atom. The van der Waals surface area contributed by atoms with Crippen molar-refractivity contribution in [2.75, 3.05) is 87.1 Å². The summed E-state index contributed by atoms with van der Waals surface area (Å²) in [7, 11) is 3.16. The van der Waals surface area contributed by atoms with Crippen LogP contribution in [0.25, 0.3) is 11.1 Å². The number of nitrogens with one attached hydrogen (secondary N) is 4. The van der Waals surface area contributed by atoms with E-state index < -0.39 is 11.9 Å². The predicted molar refractivity (Wildman–Crippen MR) is 259 cm³/mol. The van der Waals surface area contributed by atoms with E-state index in [0.717, 1.165) is 39.8 Å². The van der Waals surface area contributed by atoms with Crippen LogP contribution in [0.15, 0.2) is 65.5 Å². The Balaban J connectivity index is 0.903. The van der Waals surface area contributed by atoms with Gasteiger partial charge in [0, 0.05) is 91.6 Å². The molecule has 0 aliphatic carbocycles. The van der Waals surface area contributed by atoms with Crippen molar-refractivity contribution in [3.05, 3.63) is 88.0 Å². The molecule has 4 N–H and O–H groups in total. The minimum Gasteiger partial charge on any atom is -0.494 e. The average molecular weight is 969 g/mol. The van der Waals surface area contributed by atoms with Gasteiger partial charge in [-0.15, -0.1) is 0 Å². The number of amides is 3. The molecule has 15 nitrogen and oxygen atoms in total. The van der Waals surface area contributed by atoms with E-state index in [9.17, 15) is 14.4 Å². The number of anilines is 6. The Bertz CT molecular complexity index is 2590. The van der Waals surface area contributed by atoms with Crippen molar-refractivity contribution in [1.29, 1.82) is 0 Å². The Morgan fingerprint density at radius 3 is 2.42 bits per heavy atom. The van der Waals surface area contributed by atoms with Crippen LogP contribution in [0, 0.1) is 19.7 Å². The molecule has 2 aromatic heterocycles. The zero-order valence-corrected chi connectivity index (χ0v) is 40.2.